The number of hydrogen-bond acceptors (Lipinski definition) is 6. The van der Waals surface area contributed by atoms with E-state index in [-0.39, 0.29) is 11.8 Å². The van der Waals surface area contributed by atoms with Crippen LogP contribution in [0.4, 0.5) is 0 Å². The van der Waals surface area contributed by atoms with Crippen molar-refractivity contribution in [2.24, 2.45) is 18.9 Å². The molecular formula is C49H36N8. The molecular weight excluding hydrogens is 701 g/mol. The third-order valence-electron chi connectivity index (χ3n) is 13.1. The van der Waals surface area contributed by atoms with Gasteiger partial charge in [0.25, 0.3) is 0 Å². The van der Waals surface area contributed by atoms with Crippen LogP contribution in [0.3, 0.4) is 0 Å². The number of hydrogen-bond donors (Lipinski definition) is 1. The summed E-state index contributed by atoms with van der Waals surface area (Å²) in [5.41, 5.74) is 5.26. The van der Waals surface area contributed by atoms with Crippen LogP contribution in [0.5, 0.6) is 0 Å². The normalized spacial score (nSPS) is 20.9. The maximum Gasteiger partial charge on any atom is 0.164 e. The van der Waals surface area contributed by atoms with Gasteiger partial charge in [-0.25, -0.2) is 29.9 Å². The van der Waals surface area contributed by atoms with Gasteiger partial charge in [0, 0.05) is 39.7 Å². The van der Waals surface area contributed by atoms with Crippen LogP contribution in [0.2, 0.25) is 0 Å². The van der Waals surface area contributed by atoms with Crippen LogP contribution in [0.15, 0.2) is 109 Å². The molecule has 8 bridgehead atoms. The van der Waals surface area contributed by atoms with Gasteiger partial charge in [0.15, 0.2) is 11.6 Å². The molecule has 0 spiro atoms. The van der Waals surface area contributed by atoms with Gasteiger partial charge in [0.2, 0.25) is 0 Å². The van der Waals surface area contributed by atoms with E-state index in [4.69, 9.17) is 29.9 Å². The predicted molar refractivity (Wildman–Crippen MR) is 228 cm³/mol. The Morgan fingerprint density at radius 1 is 0.491 bits per heavy atom. The highest BCUT2D eigenvalue weighted by Gasteiger charge is 2.35. The fraction of sp³-hybridized carbons (Fsp3) is 0.184. The average molecular weight is 737 g/mol. The number of benzene rings is 5. The van der Waals surface area contributed by atoms with Crippen molar-refractivity contribution in [1.29, 1.82) is 0 Å². The molecule has 1 N–H and O–H groups in total. The standard InChI is InChI=1S/C49H36N8/c1-57-48-40-24-32-16-8-9-17-33(32)25-41(40)49(57)56-47-39-23-31-15-7-5-13-29(31)21-37(39)45(54-47)52-43-35-19-27-11-3-2-10-26(27)18-34(35)42(50-43)51-44-36-20-28-12-4-6-14-30(28)22-38(36)46(53-44)55-48/h2-4,6,8-12,14,16-25,29,31,36,38H,5,7,13,15H2,1H3,(H,50,51,52,53,54,55,56). The summed E-state index contributed by atoms with van der Waals surface area (Å²) in [7, 11) is 2.07. The minimum Gasteiger partial charge on any atom is -0.324 e. The summed E-state index contributed by atoms with van der Waals surface area (Å²) in [5, 5.41) is 11.0. The van der Waals surface area contributed by atoms with Gasteiger partial charge in [0.05, 0.1) is 11.8 Å². The Bertz CT molecular complexity index is 3480. The second kappa shape index (κ2) is 11.6. The van der Waals surface area contributed by atoms with E-state index >= 15 is 0 Å². The highest BCUT2D eigenvalue weighted by molar-refractivity contribution is 6.13. The maximum absolute atomic E-state index is 5.51. The smallest absolute Gasteiger partial charge is 0.164 e. The largest absolute Gasteiger partial charge is 0.324 e. The number of nitrogens with zero attached hydrogens (tertiary/aromatic N) is 7. The van der Waals surface area contributed by atoms with Crippen LogP contribution in [0.25, 0.3) is 89.0 Å². The summed E-state index contributed by atoms with van der Waals surface area (Å²) in [6.45, 7) is 0. The first-order valence-corrected chi connectivity index (χ1v) is 20.2. The molecule has 3 aromatic heterocycles. The highest BCUT2D eigenvalue weighted by Crippen LogP contribution is 2.46. The van der Waals surface area contributed by atoms with Crippen LogP contribution in [-0.2, 0) is 7.05 Å². The van der Waals surface area contributed by atoms with E-state index in [2.05, 4.69) is 138 Å². The number of nitrogens with one attached hydrogen (secondary N) is 1. The minimum atomic E-state index is -0.0930. The Kier molecular flexibility index (Phi) is 6.40. The zero-order chi connectivity index (χ0) is 37.4. The molecule has 5 heterocycles. The van der Waals surface area contributed by atoms with Gasteiger partial charge < -0.3 is 9.55 Å². The summed E-state index contributed by atoms with van der Waals surface area (Å²) in [6, 6.07) is 34.5. The predicted octanol–water partition coefficient (Wildman–Crippen LogP) is 8.95. The molecule has 2 aliphatic heterocycles. The molecule has 13 rings (SSSR count). The van der Waals surface area contributed by atoms with Crippen LogP contribution in [-0.4, -0.2) is 39.5 Å². The molecule has 272 valence electrons. The molecule has 4 unspecified atom stereocenters. The van der Waals surface area contributed by atoms with Crippen molar-refractivity contribution in [3.8, 4) is 0 Å². The van der Waals surface area contributed by atoms with Crippen molar-refractivity contribution >= 4 is 89.0 Å². The molecule has 0 radical (unpaired) electrons. The molecule has 5 aliphatic rings. The number of aryl methyl sites for hydroxylation is 1. The first-order valence-electron chi connectivity index (χ1n) is 20.2. The van der Waals surface area contributed by atoms with E-state index in [0.717, 1.165) is 88.5 Å². The Hall–Kier alpha value is -6.80. The monoisotopic (exact) mass is 736 g/mol. The first kappa shape index (κ1) is 31.4. The zero-order valence-corrected chi connectivity index (χ0v) is 31.3. The van der Waals surface area contributed by atoms with Gasteiger partial charge >= 0.3 is 0 Å². The van der Waals surface area contributed by atoms with E-state index in [0.29, 0.717) is 23.5 Å². The number of aromatic nitrogens is 8. The van der Waals surface area contributed by atoms with Crippen molar-refractivity contribution in [1.82, 2.24) is 39.5 Å². The fourth-order valence-electron chi connectivity index (χ4n) is 10.2. The van der Waals surface area contributed by atoms with Gasteiger partial charge in [-0.3, -0.25) is 0 Å². The Morgan fingerprint density at radius 2 is 0.965 bits per heavy atom. The summed E-state index contributed by atoms with van der Waals surface area (Å²) in [5.74, 6) is 3.62. The van der Waals surface area contributed by atoms with E-state index in [1.165, 1.54) is 36.1 Å². The van der Waals surface area contributed by atoms with Gasteiger partial charge in [-0.05, 0) is 80.9 Å². The molecule has 8 nitrogen and oxygen atoms in total. The molecule has 0 amide bonds. The Labute approximate surface area is 326 Å². The lowest BCUT2D eigenvalue weighted by Gasteiger charge is -2.30. The summed E-state index contributed by atoms with van der Waals surface area (Å²) < 4.78 is 2.13. The lowest BCUT2D eigenvalue weighted by atomic mass is 9.74. The van der Waals surface area contributed by atoms with Gasteiger partial charge in [-0.2, -0.15) is 0 Å². The van der Waals surface area contributed by atoms with Crippen molar-refractivity contribution in [3.63, 3.8) is 0 Å². The van der Waals surface area contributed by atoms with Gasteiger partial charge in [0.1, 0.15) is 34.2 Å². The molecule has 4 atom stereocenters. The average Bonchev–Trinajstić information content (AvgIpc) is 3.94. The number of fused-ring (bicyclic) bond motifs is 24. The molecule has 8 heteroatoms. The number of H-pyrrole nitrogens is 1. The third-order valence-corrected chi connectivity index (χ3v) is 13.1. The van der Waals surface area contributed by atoms with Crippen molar-refractivity contribution in [2.75, 3.05) is 0 Å². The maximum atomic E-state index is 5.51. The fourth-order valence-corrected chi connectivity index (χ4v) is 10.2. The summed E-state index contributed by atoms with van der Waals surface area (Å²) in [4.78, 5) is 36.2. The number of allylic oxidation sites excluding steroid dienone is 4. The van der Waals surface area contributed by atoms with Crippen molar-refractivity contribution < 1.29 is 0 Å². The molecule has 3 aliphatic carbocycles. The van der Waals surface area contributed by atoms with Gasteiger partial charge in [-0.15, -0.1) is 0 Å². The first-order chi connectivity index (χ1) is 28.1. The second-order valence-electron chi connectivity index (χ2n) is 16.3. The Balaban J connectivity index is 1.21. The van der Waals surface area contributed by atoms with Crippen molar-refractivity contribution in [2.45, 2.75) is 37.5 Å². The van der Waals surface area contributed by atoms with Crippen molar-refractivity contribution in [3.05, 3.63) is 143 Å². The highest BCUT2D eigenvalue weighted by atomic mass is 15.1. The molecule has 57 heavy (non-hydrogen) atoms. The van der Waals surface area contributed by atoms with Crippen LogP contribution in [0.1, 0.15) is 60.8 Å². The Morgan fingerprint density at radius 3 is 1.54 bits per heavy atom. The zero-order valence-electron chi connectivity index (χ0n) is 31.3. The molecule has 1 saturated carbocycles. The van der Waals surface area contributed by atoms with E-state index in [1.54, 1.807) is 0 Å². The summed E-state index contributed by atoms with van der Waals surface area (Å²) in [6.07, 6.45) is 14.4. The third kappa shape index (κ3) is 4.67. The number of aromatic amines is 1. The quantitative estimate of drug-likeness (QED) is 0.167. The molecule has 5 aromatic carbocycles. The number of rotatable bonds is 0. The van der Waals surface area contributed by atoms with Gasteiger partial charge in [-0.1, -0.05) is 110 Å². The summed E-state index contributed by atoms with van der Waals surface area (Å²) >= 11 is 0. The van der Waals surface area contributed by atoms with Crippen LogP contribution in [0, 0.1) is 11.8 Å². The SMILES string of the molecule is Cn1c2nc3nc(nc4[nH]c(nc5nc(nc1c1cc6ccccc6cc12)C1C=c2ccccc2=CC51)c1cc2ccccc2cc41)C1=CC2CCCCC2C=C13. The second-order valence-corrected chi connectivity index (χ2v) is 16.3. The topological polar surface area (TPSA) is 98.1 Å². The van der Waals surface area contributed by atoms with Crippen LogP contribution < -0.4 is 10.4 Å². The van der Waals surface area contributed by atoms with E-state index in [9.17, 15) is 0 Å². The molecule has 0 saturated heterocycles. The lowest BCUT2D eigenvalue weighted by Crippen LogP contribution is -2.30. The molecule has 8 aromatic rings. The van der Waals surface area contributed by atoms with E-state index < -0.39 is 0 Å². The van der Waals surface area contributed by atoms with E-state index in [1.807, 2.05) is 0 Å². The molecule has 1 fully saturated rings. The van der Waals surface area contributed by atoms with Crippen LogP contribution >= 0.6 is 0 Å². The minimum absolute atomic E-state index is 0.0918. The lowest BCUT2D eigenvalue weighted by molar-refractivity contribution is 0.337.